The largest absolute Gasteiger partial charge is 0.323 e. The van der Waals surface area contributed by atoms with Gasteiger partial charge in [-0.2, -0.15) is 5.10 Å². The van der Waals surface area contributed by atoms with Crippen LogP contribution in [0.2, 0.25) is 0 Å². The van der Waals surface area contributed by atoms with Gasteiger partial charge in [0.1, 0.15) is 11.6 Å². The van der Waals surface area contributed by atoms with Crippen LogP contribution in [0.3, 0.4) is 0 Å². The molecule has 2 atom stereocenters. The van der Waals surface area contributed by atoms with Crippen LogP contribution in [0.25, 0.3) is 0 Å². The Morgan fingerprint density at radius 3 is 2.72 bits per heavy atom. The van der Waals surface area contributed by atoms with E-state index in [9.17, 15) is 13.2 Å². The molecule has 0 amide bonds. The van der Waals surface area contributed by atoms with Gasteiger partial charge in [-0.3, -0.25) is 5.10 Å². The van der Waals surface area contributed by atoms with Crippen molar-refractivity contribution in [1.82, 2.24) is 20.1 Å². The van der Waals surface area contributed by atoms with E-state index in [4.69, 9.17) is 0 Å². The first-order chi connectivity index (χ1) is 15.4. The van der Waals surface area contributed by atoms with Gasteiger partial charge >= 0.3 is 0 Å². The van der Waals surface area contributed by atoms with Gasteiger partial charge in [-0.25, -0.2) is 18.2 Å². The van der Waals surface area contributed by atoms with Crippen LogP contribution >= 0.6 is 0 Å². The van der Waals surface area contributed by atoms with Crippen molar-refractivity contribution < 1.29 is 13.2 Å². The van der Waals surface area contributed by atoms with E-state index in [2.05, 4.69) is 32.3 Å². The maximum absolute atomic E-state index is 14.4. The Hall–Kier alpha value is -2.87. The Morgan fingerprint density at radius 2 is 1.97 bits per heavy atom. The molecule has 32 heavy (non-hydrogen) atoms. The lowest BCUT2D eigenvalue weighted by atomic mass is 9.87. The highest BCUT2D eigenvalue weighted by Crippen LogP contribution is 2.27. The third kappa shape index (κ3) is 5.30. The van der Waals surface area contributed by atoms with Crippen molar-refractivity contribution in [2.24, 2.45) is 5.92 Å². The molecule has 1 aliphatic rings. The lowest BCUT2D eigenvalue weighted by molar-refractivity contribution is 0.123. The van der Waals surface area contributed by atoms with E-state index < -0.39 is 11.6 Å². The zero-order chi connectivity index (χ0) is 22.7. The molecule has 2 N–H and O–H groups in total. The zero-order valence-corrected chi connectivity index (χ0v) is 18.3. The average molecular weight is 444 g/mol. The van der Waals surface area contributed by atoms with Gasteiger partial charge in [0.2, 0.25) is 0 Å². The predicted octanol–water partition coefficient (Wildman–Crippen LogP) is 5.16. The van der Waals surface area contributed by atoms with Crippen LogP contribution in [-0.4, -0.2) is 39.2 Å². The minimum absolute atomic E-state index is 0.279. The summed E-state index contributed by atoms with van der Waals surface area (Å²) >= 11 is 0. The lowest BCUT2D eigenvalue weighted by Gasteiger charge is -2.37. The van der Waals surface area contributed by atoms with E-state index >= 15 is 0 Å². The number of aryl methyl sites for hydroxylation is 1. The quantitative estimate of drug-likeness (QED) is 0.530. The second-order valence-corrected chi connectivity index (χ2v) is 8.63. The summed E-state index contributed by atoms with van der Waals surface area (Å²) in [6.07, 6.45) is 2.85. The average Bonchev–Trinajstić information content (AvgIpc) is 3.17. The monoisotopic (exact) mass is 443 g/mol. The molecule has 8 heteroatoms. The number of benzene rings is 1. The van der Waals surface area contributed by atoms with Crippen molar-refractivity contribution in [2.75, 3.05) is 18.4 Å². The van der Waals surface area contributed by atoms with Crippen LogP contribution in [0.15, 0.2) is 36.4 Å². The van der Waals surface area contributed by atoms with Gasteiger partial charge in [0.25, 0.3) is 0 Å². The van der Waals surface area contributed by atoms with Crippen molar-refractivity contribution in [2.45, 2.75) is 45.6 Å². The number of anilines is 2. The van der Waals surface area contributed by atoms with Gasteiger partial charge in [0.05, 0.1) is 5.69 Å². The minimum atomic E-state index is -0.803. The van der Waals surface area contributed by atoms with Crippen LogP contribution < -0.4 is 5.32 Å². The van der Waals surface area contributed by atoms with Crippen molar-refractivity contribution >= 4 is 11.6 Å². The van der Waals surface area contributed by atoms with E-state index in [0.29, 0.717) is 48.2 Å². The van der Waals surface area contributed by atoms with Crippen molar-refractivity contribution in [1.29, 1.82) is 0 Å². The number of nitrogens with one attached hydrogen (secondary N) is 2. The van der Waals surface area contributed by atoms with Gasteiger partial charge in [-0.1, -0.05) is 12.1 Å². The van der Waals surface area contributed by atoms with Gasteiger partial charge in [-0.15, -0.1) is 0 Å². The van der Waals surface area contributed by atoms with Crippen LogP contribution in [0, 0.1) is 30.3 Å². The fourth-order valence-corrected chi connectivity index (χ4v) is 4.43. The summed E-state index contributed by atoms with van der Waals surface area (Å²) < 4.78 is 41.8. The number of piperidine rings is 1. The van der Waals surface area contributed by atoms with E-state index in [1.807, 2.05) is 13.0 Å². The van der Waals surface area contributed by atoms with Crippen molar-refractivity contribution in [3.8, 4) is 0 Å². The molecular weight excluding hydrogens is 415 g/mol. The van der Waals surface area contributed by atoms with Crippen molar-refractivity contribution in [3.05, 3.63) is 70.8 Å². The maximum atomic E-state index is 14.4. The number of H-pyrrole nitrogens is 1. The van der Waals surface area contributed by atoms with Crippen LogP contribution in [-0.2, 0) is 12.8 Å². The Labute approximate surface area is 186 Å². The molecule has 4 rings (SSSR count). The first-order valence-corrected chi connectivity index (χ1v) is 11.0. The third-order valence-corrected chi connectivity index (χ3v) is 6.19. The molecule has 1 saturated heterocycles. The first-order valence-electron chi connectivity index (χ1n) is 11.0. The van der Waals surface area contributed by atoms with Crippen LogP contribution in [0.5, 0.6) is 0 Å². The number of nitrogens with zero attached hydrogens (tertiary/aromatic N) is 3. The predicted molar refractivity (Wildman–Crippen MR) is 118 cm³/mol. The maximum Gasteiger partial charge on any atom is 0.162 e. The SMILES string of the molecule is Cc1cc(Nc2ccc(F)c(C[C@@H]3CCN(CCc4cccc(F)c4F)[C@H](C)C3)n2)n[nH]1. The highest BCUT2D eigenvalue weighted by Gasteiger charge is 2.26. The molecule has 0 aliphatic carbocycles. The fourth-order valence-electron chi connectivity index (χ4n) is 4.43. The third-order valence-electron chi connectivity index (χ3n) is 6.19. The molecule has 0 bridgehead atoms. The van der Waals surface area contributed by atoms with E-state index in [-0.39, 0.29) is 11.9 Å². The number of hydrogen-bond donors (Lipinski definition) is 2. The van der Waals surface area contributed by atoms with Gasteiger partial charge < -0.3 is 10.2 Å². The summed E-state index contributed by atoms with van der Waals surface area (Å²) in [4.78, 5) is 6.77. The van der Waals surface area contributed by atoms with Crippen LogP contribution in [0.1, 0.15) is 36.7 Å². The van der Waals surface area contributed by atoms with E-state index in [1.54, 1.807) is 18.2 Å². The molecule has 1 fully saturated rings. The number of rotatable bonds is 7. The standard InChI is InChI=1S/C24H28F3N5/c1-15-12-23(31-30-15)29-22-7-6-19(25)21(28-22)14-17-8-10-32(16(2)13-17)11-9-18-4-3-5-20(26)24(18)27/h3-7,12,16-17H,8-11,13-14H2,1-2H3,(H2,28,29,30,31)/t16-,17-/m1/s1. The zero-order valence-electron chi connectivity index (χ0n) is 18.3. The molecule has 0 spiro atoms. The molecule has 3 aromatic rings. The summed E-state index contributed by atoms with van der Waals surface area (Å²) in [5.41, 5.74) is 1.78. The molecule has 1 aromatic carbocycles. The number of aromatic amines is 1. The summed E-state index contributed by atoms with van der Waals surface area (Å²) in [6, 6.07) is 9.51. The Bertz CT molecular complexity index is 1070. The first kappa shape index (κ1) is 22.3. The smallest absolute Gasteiger partial charge is 0.162 e. The highest BCUT2D eigenvalue weighted by atomic mass is 19.2. The summed E-state index contributed by atoms with van der Waals surface area (Å²) in [6.45, 7) is 5.55. The van der Waals surface area contributed by atoms with Crippen molar-refractivity contribution in [3.63, 3.8) is 0 Å². The summed E-state index contributed by atoms with van der Waals surface area (Å²) in [5.74, 6) is -0.333. The molecule has 170 valence electrons. The fraction of sp³-hybridized carbons (Fsp3) is 0.417. The number of likely N-dealkylation sites (tertiary alicyclic amines) is 1. The van der Waals surface area contributed by atoms with Gasteiger partial charge in [0, 0.05) is 24.3 Å². The molecule has 1 aliphatic heterocycles. The summed E-state index contributed by atoms with van der Waals surface area (Å²) in [7, 11) is 0. The topological polar surface area (TPSA) is 56.8 Å². The molecule has 2 aromatic heterocycles. The number of aromatic nitrogens is 3. The summed E-state index contributed by atoms with van der Waals surface area (Å²) in [5, 5.41) is 10.1. The van der Waals surface area contributed by atoms with E-state index in [0.717, 1.165) is 31.1 Å². The lowest BCUT2D eigenvalue weighted by Crippen LogP contribution is -2.42. The second-order valence-electron chi connectivity index (χ2n) is 8.63. The molecule has 5 nitrogen and oxygen atoms in total. The van der Waals surface area contributed by atoms with Gasteiger partial charge in [-0.05, 0) is 75.8 Å². The second kappa shape index (κ2) is 9.73. The van der Waals surface area contributed by atoms with E-state index in [1.165, 1.54) is 6.07 Å². The molecule has 0 saturated carbocycles. The van der Waals surface area contributed by atoms with Crippen LogP contribution in [0.4, 0.5) is 24.8 Å². The molecular formula is C24H28F3N5. The number of hydrogen-bond acceptors (Lipinski definition) is 4. The molecule has 0 radical (unpaired) electrons. The Balaban J connectivity index is 1.33. The number of halogens is 3. The minimum Gasteiger partial charge on any atom is -0.323 e. The molecule has 3 heterocycles. The highest BCUT2D eigenvalue weighted by molar-refractivity contribution is 5.51. The Morgan fingerprint density at radius 1 is 1.12 bits per heavy atom. The number of pyridine rings is 1. The normalized spacial score (nSPS) is 19.3. The molecule has 0 unspecified atom stereocenters. The Kier molecular flexibility index (Phi) is 6.79. The van der Waals surface area contributed by atoms with Gasteiger partial charge in [0.15, 0.2) is 17.5 Å².